The van der Waals surface area contributed by atoms with Gasteiger partial charge in [-0.2, -0.15) is 0 Å². The van der Waals surface area contributed by atoms with E-state index >= 15 is 0 Å². The molecular weight excluding hydrogens is 314 g/mol. The van der Waals surface area contributed by atoms with E-state index in [1.54, 1.807) is 14.2 Å². The van der Waals surface area contributed by atoms with Gasteiger partial charge in [0.2, 0.25) is 5.91 Å². The van der Waals surface area contributed by atoms with Crippen LogP contribution in [-0.4, -0.2) is 20.1 Å². The average Bonchev–Trinajstić information content (AvgIpc) is 3.44. The number of methoxy groups -OCH3 is 2. The van der Waals surface area contributed by atoms with Crippen molar-refractivity contribution in [2.45, 2.75) is 38.5 Å². The summed E-state index contributed by atoms with van der Waals surface area (Å²) < 4.78 is 10.7. The summed E-state index contributed by atoms with van der Waals surface area (Å²) in [5.41, 5.74) is 3.72. The lowest BCUT2D eigenvalue weighted by Crippen LogP contribution is -2.28. The van der Waals surface area contributed by atoms with Crippen molar-refractivity contribution in [3.8, 4) is 11.5 Å². The van der Waals surface area contributed by atoms with Crippen LogP contribution < -0.4 is 14.8 Å². The molecule has 4 nitrogen and oxygen atoms in total. The SMILES string of the molecule is CCc1cccc(C)c1NC(=O)C1(c2ccc(OC)c(OC)c2)CC1. The van der Waals surface area contributed by atoms with Gasteiger partial charge in [-0.25, -0.2) is 0 Å². The molecular formula is C21H25NO3. The Hall–Kier alpha value is -2.49. The predicted octanol–water partition coefficient (Wildman–Crippen LogP) is 4.24. The van der Waals surface area contributed by atoms with Gasteiger partial charge in [0.25, 0.3) is 0 Å². The van der Waals surface area contributed by atoms with Crippen LogP contribution in [0.1, 0.15) is 36.5 Å². The van der Waals surface area contributed by atoms with Crippen molar-refractivity contribution in [3.63, 3.8) is 0 Å². The molecule has 0 saturated heterocycles. The zero-order valence-corrected chi connectivity index (χ0v) is 15.3. The standard InChI is InChI=1S/C21H25NO3/c1-5-15-8-6-7-14(2)19(15)22-20(23)21(11-12-21)16-9-10-17(24-3)18(13-16)25-4/h6-10,13H,5,11-12H2,1-4H3,(H,22,23). The van der Waals surface area contributed by atoms with Gasteiger partial charge >= 0.3 is 0 Å². The van der Waals surface area contributed by atoms with Gasteiger partial charge in [-0.15, -0.1) is 0 Å². The molecule has 1 fully saturated rings. The van der Waals surface area contributed by atoms with Crippen LogP contribution >= 0.6 is 0 Å². The predicted molar refractivity (Wildman–Crippen MR) is 99.6 cm³/mol. The highest BCUT2D eigenvalue weighted by molar-refractivity contribution is 6.02. The molecule has 0 atom stereocenters. The molecule has 3 rings (SSSR count). The monoisotopic (exact) mass is 339 g/mol. The summed E-state index contributed by atoms with van der Waals surface area (Å²) in [7, 11) is 3.23. The van der Waals surface area contributed by atoms with E-state index in [1.807, 2.05) is 37.3 Å². The molecule has 132 valence electrons. The zero-order chi connectivity index (χ0) is 18.0. The Morgan fingerprint density at radius 2 is 1.84 bits per heavy atom. The number of para-hydroxylation sites is 1. The fraction of sp³-hybridized carbons (Fsp3) is 0.381. The lowest BCUT2D eigenvalue weighted by molar-refractivity contribution is -0.118. The normalized spacial score (nSPS) is 14.7. The van der Waals surface area contributed by atoms with Crippen LogP contribution in [-0.2, 0) is 16.6 Å². The van der Waals surface area contributed by atoms with Crippen molar-refractivity contribution in [3.05, 3.63) is 53.1 Å². The number of carbonyl (C=O) groups is 1. The first-order valence-electron chi connectivity index (χ1n) is 8.68. The van der Waals surface area contributed by atoms with E-state index in [-0.39, 0.29) is 5.91 Å². The maximum atomic E-state index is 13.1. The molecule has 0 bridgehead atoms. The number of hydrogen-bond acceptors (Lipinski definition) is 3. The van der Waals surface area contributed by atoms with Gasteiger partial charge in [0.1, 0.15) is 0 Å². The first-order chi connectivity index (χ1) is 12.1. The second-order valence-corrected chi connectivity index (χ2v) is 6.57. The third kappa shape index (κ3) is 3.09. The van der Waals surface area contributed by atoms with Crippen LogP contribution in [0.25, 0.3) is 0 Å². The number of rotatable bonds is 6. The van der Waals surface area contributed by atoms with Crippen molar-refractivity contribution in [1.82, 2.24) is 0 Å². The lowest BCUT2D eigenvalue weighted by Gasteiger charge is -2.20. The topological polar surface area (TPSA) is 47.6 Å². The largest absolute Gasteiger partial charge is 0.493 e. The number of ether oxygens (including phenoxy) is 2. The minimum absolute atomic E-state index is 0.0590. The Labute approximate surface area is 149 Å². The molecule has 0 aromatic heterocycles. The van der Waals surface area contributed by atoms with Crippen LogP contribution in [0.4, 0.5) is 5.69 Å². The van der Waals surface area contributed by atoms with Gasteiger partial charge in [0, 0.05) is 5.69 Å². The van der Waals surface area contributed by atoms with Gasteiger partial charge in [0.05, 0.1) is 19.6 Å². The van der Waals surface area contributed by atoms with E-state index in [2.05, 4.69) is 18.3 Å². The molecule has 1 saturated carbocycles. The van der Waals surface area contributed by atoms with Crippen molar-refractivity contribution in [1.29, 1.82) is 0 Å². The molecule has 0 spiro atoms. The molecule has 1 aliphatic carbocycles. The first-order valence-corrected chi connectivity index (χ1v) is 8.68. The zero-order valence-electron chi connectivity index (χ0n) is 15.3. The van der Waals surface area contributed by atoms with Crippen LogP contribution in [0, 0.1) is 6.92 Å². The van der Waals surface area contributed by atoms with E-state index in [0.29, 0.717) is 11.5 Å². The van der Waals surface area contributed by atoms with E-state index in [1.165, 1.54) is 0 Å². The van der Waals surface area contributed by atoms with Gasteiger partial charge in [-0.05, 0) is 55.0 Å². The summed E-state index contributed by atoms with van der Waals surface area (Å²) in [6.07, 6.45) is 2.59. The molecule has 1 aliphatic rings. The molecule has 0 heterocycles. The fourth-order valence-corrected chi connectivity index (χ4v) is 3.34. The molecule has 1 amide bonds. The number of carbonyl (C=O) groups excluding carboxylic acids is 1. The lowest BCUT2D eigenvalue weighted by atomic mass is 9.93. The molecule has 1 N–H and O–H groups in total. The smallest absolute Gasteiger partial charge is 0.235 e. The number of amides is 1. The number of nitrogens with one attached hydrogen (secondary N) is 1. The fourth-order valence-electron chi connectivity index (χ4n) is 3.34. The molecule has 0 unspecified atom stereocenters. The van der Waals surface area contributed by atoms with Gasteiger partial charge < -0.3 is 14.8 Å². The Morgan fingerprint density at radius 3 is 2.44 bits per heavy atom. The summed E-state index contributed by atoms with van der Waals surface area (Å²) in [4.78, 5) is 13.1. The van der Waals surface area contributed by atoms with Crippen LogP contribution in [0.2, 0.25) is 0 Å². The summed E-state index contributed by atoms with van der Waals surface area (Å²) in [6, 6.07) is 11.9. The van der Waals surface area contributed by atoms with Crippen LogP contribution in [0.3, 0.4) is 0 Å². The molecule has 0 radical (unpaired) electrons. The average molecular weight is 339 g/mol. The highest BCUT2D eigenvalue weighted by Gasteiger charge is 2.51. The Morgan fingerprint density at radius 1 is 1.12 bits per heavy atom. The second-order valence-electron chi connectivity index (χ2n) is 6.57. The summed E-state index contributed by atoms with van der Waals surface area (Å²) in [6.45, 7) is 4.14. The Kier molecular flexibility index (Phi) is 4.71. The summed E-state index contributed by atoms with van der Waals surface area (Å²) in [5.74, 6) is 1.39. The molecule has 2 aromatic rings. The molecule has 0 aliphatic heterocycles. The first kappa shape index (κ1) is 17.3. The highest BCUT2D eigenvalue weighted by Crippen LogP contribution is 2.50. The number of anilines is 1. The Bertz CT molecular complexity index is 794. The van der Waals surface area contributed by atoms with Gasteiger partial charge in [-0.3, -0.25) is 4.79 Å². The summed E-state index contributed by atoms with van der Waals surface area (Å²) in [5, 5.41) is 3.19. The number of benzene rings is 2. The minimum Gasteiger partial charge on any atom is -0.493 e. The third-order valence-electron chi connectivity index (χ3n) is 5.10. The van der Waals surface area contributed by atoms with E-state index in [9.17, 15) is 4.79 Å². The maximum absolute atomic E-state index is 13.1. The minimum atomic E-state index is -0.465. The highest BCUT2D eigenvalue weighted by atomic mass is 16.5. The van der Waals surface area contributed by atoms with E-state index in [4.69, 9.17) is 9.47 Å². The number of aryl methyl sites for hydroxylation is 2. The van der Waals surface area contributed by atoms with Crippen LogP contribution in [0.15, 0.2) is 36.4 Å². The second kappa shape index (κ2) is 6.79. The van der Waals surface area contributed by atoms with Crippen molar-refractivity contribution in [2.75, 3.05) is 19.5 Å². The van der Waals surface area contributed by atoms with Crippen LogP contribution in [0.5, 0.6) is 11.5 Å². The molecule has 2 aromatic carbocycles. The number of hydrogen-bond donors (Lipinski definition) is 1. The van der Waals surface area contributed by atoms with E-state index in [0.717, 1.165) is 41.6 Å². The van der Waals surface area contributed by atoms with Gasteiger partial charge in [0.15, 0.2) is 11.5 Å². The van der Waals surface area contributed by atoms with Crippen molar-refractivity contribution < 1.29 is 14.3 Å². The molecule has 4 heteroatoms. The maximum Gasteiger partial charge on any atom is 0.235 e. The van der Waals surface area contributed by atoms with Crippen molar-refractivity contribution in [2.24, 2.45) is 0 Å². The van der Waals surface area contributed by atoms with Crippen molar-refractivity contribution >= 4 is 11.6 Å². The Balaban J connectivity index is 1.90. The quantitative estimate of drug-likeness (QED) is 0.856. The van der Waals surface area contributed by atoms with E-state index < -0.39 is 5.41 Å². The third-order valence-corrected chi connectivity index (χ3v) is 5.10. The molecule has 25 heavy (non-hydrogen) atoms. The van der Waals surface area contributed by atoms with Gasteiger partial charge in [-0.1, -0.05) is 31.2 Å². The summed E-state index contributed by atoms with van der Waals surface area (Å²) >= 11 is 0.